The Morgan fingerprint density at radius 2 is 0.923 bits per heavy atom. The molecule has 1 heteroatoms. The van der Waals surface area contributed by atoms with Crippen molar-refractivity contribution in [3.05, 3.63) is 60.7 Å². The fourth-order valence-electron chi connectivity index (χ4n) is 1.11. The zero-order valence-corrected chi connectivity index (χ0v) is 10.1. The van der Waals surface area contributed by atoms with E-state index in [-0.39, 0.29) is 0 Å². The van der Waals surface area contributed by atoms with Crippen molar-refractivity contribution in [1.29, 1.82) is 0 Å². The van der Waals surface area contributed by atoms with Crippen molar-refractivity contribution < 1.29 is 18.6 Å². The van der Waals surface area contributed by atoms with Gasteiger partial charge in [0.2, 0.25) is 0 Å². The van der Waals surface area contributed by atoms with Gasteiger partial charge in [-0.1, -0.05) is 0 Å². The first kappa shape index (κ1) is 8.71. The Kier molecular flexibility index (Phi) is 2.94. The Balaban J connectivity index is 2.16. The fraction of sp³-hybridized carbons (Fsp3) is 0. The van der Waals surface area contributed by atoms with Crippen LogP contribution in [0, 0.1) is 0 Å². The third-order valence-electron chi connectivity index (χ3n) is 1.72. The molecule has 0 bridgehead atoms. The number of rotatable bonds is 2. The van der Waals surface area contributed by atoms with E-state index in [1.54, 1.807) is 0 Å². The molecule has 2 aromatic carbocycles. The molecule has 13 heavy (non-hydrogen) atoms. The van der Waals surface area contributed by atoms with Crippen molar-refractivity contribution in [2.75, 3.05) is 0 Å². The van der Waals surface area contributed by atoms with E-state index < -0.39 is 18.6 Å². The fourth-order valence-corrected chi connectivity index (χ4v) is 4.20. The van der Waals surface area contributed by atoms with Crippen LogP contribution in [0.1, 0.15) is 0 Å². The molecular weight excluding hydrogens is 328 g/mol. The first-order valence-corrected chi connectivity index (χ1v) is 7.16. The molecule has 0 aromatic heterocycles. The zero-order valence-electron chi connectivity index (χ0n) is 7.18. The van der Waals surface area contributed by atoms with Crippen molar-refractivity contribution in [3.8, 4) is 0 Å². The van der Waals surface area contributed by atoms with Crippen LogP contribution in [0.25, 0.3) is 0 Å². The second-order valence-corrected chi connectivity index (χ2v) is 6.85. The van der Waals surface area contributed by atoms with Crippen molar-refractivity contribution in [2.45, 2.75) is 0 Å². The zero-order chi connectivity index (χ0) is 8.93. The molecule has 0 aliphatic rings. The van der Waals surface area contributed by atoms with E-state index in [4.69, 9.17) is 0 Å². The molecule has 0 aliphatic carbocycles. The summed E-state index contributed by atoms with van der Waals surface area (Å²) in [6.07, 6.45) is 0. The third-order valence-corrected chi connectivity index (χ3v) is 5.37. The summed E-state index contributed by atoms with van der Waals surface area (Å²) in [5.41, 5.74) is 0. The van der Waals surface area contributed by atoms with Gasteiger partial charge in [-0.3, -0.25) is 0 Å². The van der Waals surface area contributed by atoms with Gasteiger partial charge < -0.3 is 0 Å². The molecule has 0 aliphatic heterocycles. The Labute approximate surface area is 87.2 Å². The standard InChI is InChI=1S/2C6H5.W/c2*1-2-4-6-5-3-1;/h2*1-5H;. The molecule has 0 nitrogen and oxygen atoms in total. The molecule has 0 spiro atoms. The molecule has 2 rings (SSSR count). The van der Waals surface area contributed by atoms with Crippen molar-refractivity contribution in [3.63, 3.8) is 0 Å². The number of hydrogen-bond acceptors (Lipinski definition) is 0. The molecule has 0 amide bonds. The van der Waals surface area contributed by atoms with Crippen LogP contribution in [0.3, 0.4) is 0 Å². The second-order valence-electron chi connectivity index (χ2n) is 2.73. The summed E-state index contributed by atoms with van der Waals surface area (Å²) < 4.78 is 3.07. The Morgan fingerprint density at radius 1 is 0.538 bits per heavy atom. The van der Waals surface area contributed by atoms with Crippen molar-refractivity contribution >= 4 is 7.91 Å². The minimum absolute atomic E-state index is 0.487. The predicted octanol–water partition coefficient (Wildman–Crippen LogP) is 1.72. The van der Waals surface area contributed by atoms with Gasteiger partial charge in [-0.05, 0) is 0 Å². The molecule has 0 saturated heterocycles. The minimum atomic E-state index is -0.487. The van der Waals surface area contributed by atoms with Crippen LogP contribution in [0.4, 0.5) is 0 Å². The summed E-state index contributed by atoms with van der Waals surface area (Å²) in [6.45, 7) is 0. The van der Waals surface area contributed by atoms with E-state index in [0.29, 0.717) is 0 Å². The van der Waals surface area contributed by atoms with Gasteiger partial charge in [0.1, 0.15) is 0 Å². The van der Waals surface area contributed by atoms with Crippen LogP contribution < -0.4 is 7.91 Å². The molecule has 2 aromatic rings. The van der Waals surface area contributed by atoms with Crippen LogP contribution in [-0.2, 0) is 18.6 Å². The Morgan fingerprint density at radius 3 is 1.31 bits per heavy atom. The molecule has 0 unspecified atom stereocenters. The maximum atomic E-state index is 2.23. The van der Waals surface area contributed by atoms with Crippen molar-refractivity contribution in [2.24, 2.45) is 0 Å². The molecule has 0 fully saturated rings. The quantitative estimate of drug-likeness (QED) is 0.782. The number of benzene rings is 2. The van der Waals surface area contributed by atoms with E-state index in [9.17, 15) is 0 Å². The summed E-state index contributed by atoms with van der Waals surface area (Å²) >= 11 is -0.487. The van der Waals surface area contributed by atoms with Crippen LogP contribution in [0.2, 0.25) is 0 Å². The van der Waals surface area contributed by atoms with E-state index in [2.05, 4.69) is 60.7 Å². The Hall–Kier alpha value is -0.872. The van der Waals surface area contributed by atoms with E-state index in [1.165, 1.54) is 7.91 Å². The van der Waals surface area contributed by atoms with Gasteiger partial charge in [-0.15, -0.1) is 0 Å². The molecule has 0 heterocycles. The van der Waals surface area contributed by atoms with Gasteiger partial charge in [0.15, 0.2) is 0 Å². The summed E-state index contributed by atoms with van der Waals surface area (Å²) in [5, 5.41) is 0. The monoisotopic (exact) mass is 338 g/mol. The summed E-state index contributed by atoms with van der Waals surface area (Å²) in [7, 11) is 0. The van der Waals surface area contributed by atoms with Crippen LogP contribution in [-0.4, -0.2) is 0 Å². The summed E-state index contributed by atoms with van der Waals surface area (Å²) in [5.74, 6) is 0. The molecule has 64 valence electrons. The molecular formula is C12H10W. The van der Waals surface area contributed by atoms with E-state index in [1.807, 2.05) is 0 Å². The summed E-state index contributed by atoms with van der Waals surface area (Å²) in [6, 6.07) is 21.6. The first-order chi connectivity index (χ1) is 6.45. The van der Waals surface area contributed by atoms with Gasteiger partial charge in [-0.2, -0.15) is 0 Å². The van der Waals surface area contributed by atoms with Crippen molar-refractivity contribution in [1.82, 2.24) is 0 Å². The number of hydrogen-bond donors (Lipinski definition) is 0. The van der Waals surface area contributed by atoms with E-state index in [0.717, 1.165) is 0 Å². The normalized spacial score (nSPS) is 9.85. The average molecular weight is 338 g/mol. The molecule has 0 radical (unpaired) electrons. The second kappa shape index (κ2) is 4.39. The van der Waals surface area contributed by atoms with Gasteiger partial charge in [0.25, 0.3) is 0 Å². The van der Waals surface area contributed by atoms with E-state index >= 15 is 0 Å². The first-order valence-electron chi connectivity index (χ1n) is 4.23. The SMILES string of the molecule is c1cc[c]([W][c]2ccccc2)cc1. The van der Waals surface area contributed by atoms with Gasteiger partial charge in [-0.25, -0.2) is 0 Å². The van der Waals surface area contributed by atoms with Gasteiger partial charge in [0, 0.05) is 0 Å². The van der Waals surface area contributed by atoms with Crippen LogP contribution >= 0.6 is 0 Å². The summed E-state index contributed by atoms with van der Waals surface area (Å²) in [4.78, 5) is 0. The molecule has 0 N–H and O–H groups in total. The van der Waals surface area contributed by atoms with Gasteiger partial charge >= 0.3 is 87.1 Å². The maximum absolute atomic E-state index is 2.23. The van der Waals surface area contributed by atoms with Crippen LogP contribution in [0.5, 0.6) is 0 Å². The molecule has 0 atom stereocenters. The predicted molar refractivity (Wildman–Crippen MR) is 52.2 cm³/mol. The molecule has 0 saturated carbocycles. The Bertz CT molecular complexity index is 316. The average Bonchev–Trinajstić information content (AvgIpc) is 2.21. The third kappa shape index (κ3) is 2.53. The van der Waals surface area contributed by atoms with Crippen LogP contribution in [0.15, 0.2) is 60.7 Å². The topological polar surface area (TPSA) is 0 Å². The van der Waals surface area contributed by atoms with Gasteiger partial charge in [0.05, 0.1) is 0 Å².